The zero-order valence-electron chi connectivity index (χ0n) is 7.55. The lowest BCUT2D eigenvalue weighted by Gasteiger charge is -2.15. The molecule has 0 heterocycles. The lowest BCUT2D eigenvalue weighted by atomic mass is 10.7. The van der Waals surface area contributed by atoms with Gasteiger partial charge >= 0.3 is 0 Å². The molecule has 0 aromatic carbocycles. The minimum atomic E-state index is -0.349. The average Bonchev–Trinajstić information content (AvgIpc) is 1.85. The third-order valence-electron chi connectivity index (χ3n) is 1.44. The molecule has 0 spiro atoms. The molecule has 0 bridgehead atoms. The molecule has 0 rings (SSSR count). The van der Waals surface area contributed by atoms with E-state index in [1.54, 1.807) is 7.11 Å². The molecule has 0 aliphatic rings. The Morgan fingerprint density at radius 1 is 1.40 bits per heavy atom. The number of rotatable bonds is 5. The number of hydrogen-bond acceptors (Lipinski definition) is 2. The van der Waals surface area contributed by atoms with Crippen LogP contribution in [0, 0.1) is 0 Å². The first-order valence-corrected chi connectivity index (χ1v) is 6.97. The van der Waals surface area contributed by atoms with Crippen molar-refractivity contribution in [3.63, 3.8) is 0 Å². The Labute approximate surface area is 65.8 Å². The summed E-state index contributed by atoms with van der Waals surface area (Å²) in [6.07, 6.45) is 0. The molecule has 0 aliphatic heterocycles. The van der Waals surface area contributed by atoms with Crippen molar-refractivity contribution in [1.82, 2.24) is 4.90 Å². The third kappa shape index (κ3) is 6.26. The molecular weight excluding hydrogens is 142 g/mol. The Morgan fingerprint density at radius 2 is 2.00 bits per heavy atom. The van der Waals surface area contributed by atoms with E-state index in [9.17, 15) is 0 Å². The maximum Gasteiger partial charge on any atom is 0.0983 e. The fourth-order valence-corrected chi connectivity index (χ4v) is 1.72. The second-order valence-electron chi connectivity index (χ2n) is 3.18. The lowest BCUT2D eigenvalue weighted by molar-refractivity contribution is 0.0856. The van der Waals surface area contributed by atoms with E-state index in [1.165, 1.54) is 12.6 Å². The Kier molecular flexibility index (Phi) is 5.97. The van der Waals surface area contributed by atoms with Crippen molar-refractivity contribution in [1.29, 1.82) is 0 Å². The van der Waals surface area contributed by atoms with E-state index in [2.05, 4.69) is 25.0 Å². The van der Waals surface area contributed by atoms with Gasteiger partial charge in [-0.1, -0.05) is 13.1 Å². The third-order valence-corrected chi connectivity index (χ3v) is 2.85. The maximum absolute atomic E-state index is 4.98. The Balaban J connectivity index is 3.12. The van der Waals surface area contributed by atoms with Gasteiger partial charge in [0.15, 0.2) is 0 Å². The minimum Gasteiger partial charge on any atom is -0.369 e. The predicted octanol–water partition coefficient (Wildman–Crippen LogP) is 1.01. The summed E-state index contributed by atoms with van der Waals surface area (Å²) in [6.45, 7) is 6.71. The van der Waals surface area contributed by atoms with Crippen LogP contribution in [0.15, 0.2) is 0 Å². The summed E-state index contributed by atoms with van der Waals surface area (Å²) in [7, 11) is 3.49. The molecule has 0 fully saturated rings. The summed E-state index contributed by atoms with van der Waals surface area (Å²) < 4.78 is 4.98. The van der Waals surface area contributed by atoms with Crippen LogP contribution in [0.3, 0.4) is 0 Å². The highest BCUT2D eigenvalue weighted by Crippen LogP contribution is 1.93. The van der Waals surface area contributed by atoms with E-state index in [0.29, 0.717) is 0 Å². The highest BCUT2D eigenvalue weighted by molar-refractivity contribution is 6.55. The average molecular weight is 161 g/mol. The summed E-state index contributed by atoms with van der Waals surface area (Å²) in [6, 6.07) is 1.39. The minimum absolute atomic E-state index is 0.349. The van der Waals surface area contributed by atoms with Gasteiger partial charge in [0.2, 0.25) is 0 Å². The van der Waals surface area contributed by atoms with E-state index in [4.69, 9.17) is 4.74 Å². The molecule has 62 valence electrons. The first kappa shape index (κ1) is 10.1. The van der Waals surface area contributed by atoms with Gasteiger partial charge in [0.25, 0.3) is 0 Å². The van der Waals surface area contributed by atoms with Gasteiger partial charge in [0, 0.05) is 15.9 Å². The predicted molar refractivity (Wildman–Crippen MR) is 48.2 cm³/mol. The van der Waals surface area contributed by atoms with Crippen molar-refractivity contribution >= 4 is 8.80 Å². The molecule has 0 radical (unpaired) electrons. The molecule has 0 amide bonds. The van der Waals surface area contributed by atoms with Crippen LogP contribution < -0.4 is 0 Å². The van der Waals surface area contributed by atoms with Crippen LogP contribution in [-0.4, -0.2) is 41.1 Å². The first-order chi connectivity index (χ1) is 4.66. The Hall–Kier alpha value is 0.137. The topological polar surface area (TPSA) is 12.5 Å². The molecule has 0 N–H and O–H groups in total. The van der Waals surface area contributed by atoms with Crippen LogP contribution in [0.1, 0.15) is 0 Å². The molecule has 2 nitrogen and oxygen atoms in total. The van der Waals surface area contributed by atoms with E-state index in [0.717, 1.165) is 6.73 Å². The van der Waals surface area contributed by atoms with Gasteiger partial charge in [-0.2, -0.15) is 0 Å². The summed E-state index contributed by atoms with van der Waals surface area (Å²) in [4.78, 5) is 2.22. The molecule has 0 unspecified atom stereocenters. The van der Waals surface area contributed by atoms with E-state index in [1.807, 2.05) is 0 Å². The molecule has 10 heavy (non-hydrogen) atoms. The van der Waals surface area contributed by atoms with Crippen LogP contribution in [0.5, 0.6) is 0 Å². The Bertz CT molecular complexity index is 78.0. The number of hydrogen-bond donors (Lipinski definition) is 0. The van der Waals surface area contributed by atoms with Gasteiger partial charge < -0.3 is 4.74 Å². The zero-order valence-corrected chi connectivity index (χ0v) is 8.71. The van der Waals surface area contributed by atoms with Crippen LogP contribution in [-0.2, 0) is 4.74 Å². The van der Waals surface area contributed by atoms with Crippen molar-refractivity contribution in [2.75, 3.05) is 27.4 Å². The summed E-state index contributed by atoms with van der Waals surface area (Å²) in [5, 5.41) is 0. The van der Waals surface area contributed by atoms with Crippen LogP contribution in [0.2, 0.25) is 19.1 Å². The molecule has 0 aliphatic carbocycles. The maximum atomic E-state index is 4.98. The van der Waals surface area contributed by atoms with Crippen LogP contribution in [0.4, 0.5) is 0 Å². The normalized spacial score (nSPS) is 11.4. The lowest BCUT2D eigenvalue weighted by Crippen LogP contribution is -2.24. The fourth-order valence-electron chi connectivity index (χ4n) is 0.764. The van der Waals surface area contributed by atoms with Crippen LogP contribution in [0.25, 0.3) is 0 Å². The van der Waals surface area contributed by atoms with E-state index < -0.39 is 0 Å². The van der Waals surface area contributed by atoms with Gasteiger partial charge in [-0.05, 0) is 19.6 Å². The van der Waals surface area contributed by atoms with Gasteiger partial charge in [-0.25, -0.2) is 0 Å². The molecule has 3 heteroatoms. The van der Waals surface area contributed by atoms with Crippen molar-refractivity contribution in [3.8, 4) is 0 Å². The van der Waals surface area contributed by atoms with E-state index >= 15 is 0 Å². The summed E-state index contributed by atoms with van der Waals surface area (Å²) >= 11 is 0. The van der Waals surface area contributed by atoms with Crippen molar-refractivity contribution < 1.29 is 4.74 Å². The highest BCUT2D eigenvalue weighted by Gasteiger charge is 1.99. The molecule has 0 saturated heterocycles. The first-order valence-electron chi connectivity index (χ1n) is 3.84. The van der Waals surface area contributed by atoms with Crippen molar-refractivity contribution in [2.24, 2.45) is 0 Å². The van der Waals surface area contributed by atoms with Gasteiger partial charge in [0.05, 0.1) is 6.73 Å². The number of ether oxygens (including phenoxy) is 1. The molecule has 0 aromatic heterocycles. The van der Waals surface area contributed by atoms with Crippen molar-refractivity contribution in [3.05, 3.63) is 0 Å². The summed E-state index contributed by atoms with van der Waals surface area (Å²) in [5.41, 5.74) is 0. The fraction of sp³-hybridized carbons (Fsp3) is 1.00. The quantitative estimate of drug-likeness (QED) is 0.441. The number of nitrogens with zero attached hydrogens (tertiary/aromatic N) is 1. The van der Waals surface area contributed by atoms with Gasteiger partial charge in [-0.15, -0.1) is 0 Å². The second-order valence-corrected chi connectivity index (χ2v) is 6.55. The largest absolute Gasteiger partial charge is 0.369 e. The van der Waals surface area contributed by atoms with Gasteiger partial charge in [0.1, 0.15) is 0 Å². The van der Waals surface area contributed by atoms with Crippen LogP contribution >= 0.6 is 0 Å². The smallest absolute Gasteiger partial charge is 0.0983 e. The summed E-state index contributed by atoms with van der Waals surface area (Å²) in [5.74, 6) is 0. The molecule has 0 aromatic rings. The zero-order chi connectivity index (χ0) is 7.98. The molecule has 0 saturated carbocycles. The SMILES string of the molecule is COCN(C)CC[SiH](C)C. The second kappa shape index (κ2) is 5.89. The standard InChI is InChI=1S/C7H19NOSi/c1-8(7-9-2)5-6-10(3)4/h10H,5-7H2,1-4H3. The highest BCUT2D eigenvalue weighted by atomic mass is 28.3. The monoisotopic (exact) mass is 161 g/mol. The van der Waals surface area contributed by atoms with Crippen molar-refractivity contribution in [2.45, 2.75) is 19.1 Å². The van der Waals surface area contributed by atoms with Gasteiger partial charge in [-0.3, -0.25) is 4.90 Å². The Morgan fingerprint density at radius 3 is 2.40 bits per heavy atom. The molecular formula is C7H19NOSi. The number of methoxy groups -OCH3 is 1. The molecule has 0 atom stereocenters. The van der Waals surface area contributed by atoms with E-state index in [-0.39, 0.29) is 8.80 Å².